The van der Waals surface area contributed by atoms with E-state index < -0.39 is 11.0 Å². The lowest BCUT2D eigenvalue weighted by atomic mass is 10.1. The summed E-state index contributed by atoms with van der Waals surface area (Å²) in [6, 6.07) is 13.5. The molecule has 2 amide bonds. The van der Waals surface area contributed by atoms with Gasteiger partial charge >= 0.3 is 0 Å². The Morgan fingerprint density at radius 2 is 2.00 bits per heavy atom. The minimum absolute atomic E-state index is 0.0298. The van der Waals surface area contributed by atoms with E-state index in [0.29, 0.717) is 37.1 Å². The largest absolute Gasteiger partial charge is 0.354 e. The van der Waals surface area contributed by atoms with Gasteiger partial charge in [-0.05, 0) is 56.0 Å². The second kappa shape index (κ2) is 9.64. The zero-order chi connectivity index (χ0) is 23.4. The first-order valence-electron chi connectivity index (χ1n) is 10.9. The van der Waals surface area contributed by atoms with Gasteiger partial charge in [-0.25, -0.2) is 4.68 Å². The number of aryl methyl sites for hydroxylation is 1. The van der Waals surface area contributed by atoms with E-state index in [1.165, 1.54) is 18.2 Å². The summed E-state index contributed by atoms with van der Waals surface area (Å²) in [5.41, 5.74) is 2.71. The highest BCUT2D eigenvalue weighted by molar-refractivity contribution is 5.98. The highest BCUT2D eigenvalue weighted by Crippen LogP contribution is 2.24. The third-order valence-corrected chi connectivity index (χ3v) is 5.83. The molecule has 3 aromatic rings. The number of nitrogens with one attached hydrogen (secondary N) is 1. The summed E-state index contributed by atoms with van der Waals surface area (Å²) < 4.78 is 1.79. The maximum absolute atomic E-state index is 13.0. The van der Waals surface area contributed by atoms with E-state index in [1.54, 1.807) is 22.7 Å². The van der Waals surface area contributed by atoms with Gasteiger partial charge < -0.3 is 10.2 Å². The summed E-state index contributed by atoms with van der Waals surface area (Å²) in [7, 11) is 0. The van der Waals surface area contributed by atoms with Gasteiger partial charge in [-0.3, -0.25) is 19.7 Å². The van der Waals surface area contributed by atoms with Crippen molar-refractivity contribution in [2.24, 2.45) is 0 Å². The smallest absolute Gasteiger partial charge is 0.272 e. The second-order valence-corrected chi connectivity index (χ2v) is 8.08. The molecule has 1 aliphatic heterocycles. The third-order valence-electron chi connectivity index (χ3n) is 5.83. The Bertz CT molecular complexity index is 1170. The van der Waals surface area contributed by atoms with Gasteiger partial charge in [-0.1, -0.05) is 18.2 Å². The molecule has 0 radical (unpaired) electrons. The first kappa shape index (κ1) is 22.2. The monoisotopic (exact) mass is 447 g/mol. The molecule has 1 fully saturated rings. The lowest BCUT2D eigenvalue weighted by Crippen LogP contribution is -2.46. The fraction of sp³-hybridized carbons (Fsp3) is 0.292. The van der Waals surface area contributed by atoms with E-state index >= 15 is 0 Å². The molecule has 1 aromatic heterocycles. The van der Waals surface area contributed by atoms with Crippen LogP contribution >= 0.6 is 0 Å². The Morgan fingerprint density at radius 3 is 2.73 bits per heavy atom. The summed E-state index contributed by atoms with van der Waals surface area (Å²) in [5.74, 6) is -0.468. The number of hydrogen-bond donors (Lipinski definition) is 1. The van der Waals surface area contributed by atoms with Crippen LogP contribution in [0.2, 0.25) is 0 Å². The van der Waals surface area contributed by atoms with Crippen molar-refractivity contribution in [3.05, 3.63) is 87.7 Å². The molecule has 1 unspecified atom stereocenters. The van der Waals surface area contributed by atoms with Crippen LogP contribution in [0.4, 0.5) is 5.69 Å². The first-order valence-corrected chi connectivity index (χ1v) is 10.9. The molecule has 4 rings (SSSR count). The molecule has 2 aromatic carbocycles. The van der Waals surface area contributed by atoms with E-state index in [2.05, 4.69) is 10.4 Å². The van der Waals surface area contributed by atoms with Gasteiger partial charge in [0.15, 0.2) is 0 Å². The molecule has 9 heteroatoms. The number of amides is 2. The SMILES string of the molecule is Cc1cc(C(=O)N2CCCC2C(=O)NCCc2cnn(-c3ccccc3)c2)ccc1[N+](=O)[O-]. The molecule has 0 saturated carbocycles. The number of rotatable bonds is 7. The molecular formula is C24H25N5O4. The third kappa shape index (κ3) is 4.92. The van der Waals surface area contributed by atoms with Crippen LogP contribution in [0, 0.1) is 17.0 Å². The van der Waals surface area contributed by atoms with Gasteiger partial charge in [0.05, 0.1) is 16.8 Å². The van der Waals surface area contributed by atoms with Gasteiger partial charge in [0.25, 0.3) is 11.6 Å². The number of carbonyl (C=O) groups excluding carboxylic acids is 2. The fourth-order valence-corrected chi connectivity index (χ4v) is 4.10. The summed E-state index contributed by atoms with van der Waals surface area (Å²) in [6.45, 7) is 2.52. The minimum Gasteiger partial charge on any atom is -0.354 e. The normalized spacial score (nSPS) is 15.4. The maximum Gasteiger partial charge on any atom is 0.272 e. The molecule has 0 aliphatic carbocycles. The predicted octanol–water partition coefficient (Wildman–Crippen LogP) is 3.05. The van der Waals surface area contributed by atoms with Gasteiger partial charge in [0, 0.05) is 36.5 Å². The summed E-state index contributed by atoms with van der Waals surface area (Å²) in [4.78, 5) is 37.9. The predicted molar refractivity (Wildman–Crippen MR) is 122 cm³/mol. The minimum atomic E-state index is -0.542. The number of likely N-dealkylation sites (tertiary alicyclic amines) is 1. The van der Waals surface area contributed by atoms with Gasteiger partial charge in [0.1, 0.15) is 6.04 Å². The summed E-state index contributed by atoms with van der Waals surface area (Å²) in [5, 5.41) is 18.3. The van der Waals surface area contributed by atoms with Crippen LogP contribution in [0.1, 0.15) is 34.3 Å². The highest BCUT2D eigenvalue weighted by Gasteiger charge is 2.34. The molecule has 170 valence electrons. The number of para-hydroxylation sites is 1. The van der Waals surface area contributed by atoms with Crippen LogP contribution in [-0.4, -0.2) is 50.5 Å². The van der Waals surface area contributed by atoms with Gasteiger partial charge in [-0.15, -0.1) is 0 Å². The Balaban J connectivity index is 1.34. The fourth-order valence-electron chi connectivity index (χ4n) is 4.10. The Morgan fingerprint density at radius 1 is 1.21 bits per heavy atom. The topological polar surface area (TPSA) is 110 Å². The zero-order valence-electron chi connectivity index (χ0n) is 18.3. The van der Waals surface area contributed by atoms with Crippen molar-refractivity contribution in [3.63, 3.8) is 0 Å². The van der Waals surface area contributed by atoms with Crippen LogP contribution in [-0.2, 0) is 11.2 Å². The van der Waals surface area contributed by atoms with E-state index in [9.17, 15) is 19.7 Å². The molecule has 1 atom stereocenters. The van der Waals surface area contributed by atoms with Crippen molar-refractivity contribution in [2.75, 3.05) is 13.1 Å². The van der Waals surface area contributed by atoms with E-state index in [0.717, 1.165) is 17.7 Å². The van der Waals surface area contributed by atoms with Crippen molar-refractivity contribution in [2.45, 2.75) is 32.2 Å². The Hall–Kier alpha value is -4.01. The summed E-state index contributed by atoms with van der Waals surface area (Å²) in [6.07, 6.45) is 5.67. The highest BCUT2D eigenvalue weighted by atomic mass is 16.6. The number of carbonyl (C=O) groups is 2. The van der Waals surface area contributed by atoms with Crippen molar-refractivity contribution < 1.29 is 14.5 Å². The molecular weight excluding hydrogens is 422 g/mol. The molecule has 33 heavy (non-hydrogen) atoms. The standard InChI is InChI=1S/C24H25N5O4/c1-17-14-19(9-10-21(17)29(32)33)24(31)27-13-5-8-22(27)23(30)25-12-11-18-15-26-28(16-18)20-6-3-2-4-7-20/h2-4,6-7,9-10,14-16,22H,5,8,11-13H2,1H3,(H,25,30). The van der Waals surface area contributed by atoms with Gasteiger partial charge in [-0.2, -0.15) is 5.10 Å². The lowest BCUT2D eigenvalue weighted by molar-refractivity contribution is -0.385. The number of hydrogen-bond acceptors (Lipinski definition) is 5. The first-order chi connectivity index (χ1) is 15.9. The van der Waals surface area contributed by atoms with Crippen LogP contribution in [0.25, 0.3) is 5.69 Å². The molecule has 1 aliphatic rings. The average Bonchev–Trinajstić information content (AvgIpc) is 3.49. The Labute approximate surface area is 191 Å². The Kier molecular flexibility index (Phi) is 6.48. The second-order valence-electron chi connectivity index (χ2n) is 8.08. The number of nitrogens with zero attached hydrogens (tertiary/aromatic N) is 4. The molecule has 1 saturated heterocycles. The zero-order valence-corrected chi connectivity index (χ0v) is 18.3. The molecule has 1 N–H and O–H groups in total. The van der Waals surface area contributed by atoms with Crippen molar-refractivity contribution >= 4 is 17.5 Å². The number of aromatic nitrogens is 2. The molecule has 0 bridgehead atoms. The van der Waals surface area contributed by atoms with Crippen molar-refractivity contribution in [1.82, 2.24) is 20.0 Å². The quantitative estimate of drug-likeness (QED) is 0.442. The van der Waals surface area contributed by atoms with Crippen LogP contribution < -0.4 is 5.32 Å². The van der Waals surface area contributed by atoms with Gasteiger partial charge in [0.2, 0.25) is 5.91 Å². The molecule has 0 spiro atoms. The van der Waals surface area contributed by atoms with Crippen LogP contribution in [0.15, 0.2) is 60.9 Å². The van der Waals surface area contributed by atoms with E-state index in [4.69, 9.17) is 0 Å². The number of benzene rings is 2. The molecule has 9 nitrogen and oxygen atoms in total. The lowest BCUT2D eigenvalue weighted by Gasteiger charge is -2.24. The van der Waals surface area contributed by atoms with Crippen molar-refractivity contribution in [3.8, 4) is 5.69 Å². The average molecular weight is 447 g/mol. The van der Waals surface area contributed by atoms with Crippen LogP contribution in [0.3, 0.4) is 0 Å². The number of nitro benzene ring substituents is 1. The van der Waals surface area contributed by atoms with Crippen molar-refractivity contribution in [1.29, 1.82) is 0 Å². The number of nitro groups is 1. The van der Waals surface area contributed by atoms with Crippen LogP contribution in [0.5, 0.6) is 0 Å². The summed E-state index contributed by atoms with van der Waals surface area (Å²) >= 11 is 0. The molecule has 2 heterocycles. The van der Waals surface area contributed by atoms with E-state index in [-0.39, 0.29) is 17.5 Å². The maximum atomic E-state index is 13.0. The van der Waals surface area contributed by atoms with E-state index in [1.807, 2.05) is 36.5 Å².